The summed E-state index contributed by atoms with van der Waals surface area (Å²) in [6.07, 6.45) is 2.96. The molecular weight excluding hydrogens is 565 g/mol. The number of rotatable bonds is 13. The van der Waals surface area contributed by atoms with Gasteiger partial charge in [-0.2, -0.15) is 13.2 Å². The minimum atomic E-state index is -4.37. The van der Waals surface area contributed by atoms with Crippen LogP contribution in [0.2, 0.25) is 0 Å². The molecular formula is C32H31F3N2O4S. The normalized spacial score (nSPS) is 12.9. The molecule has 0 saturated heterocycles. The fourth-order valence-electron chi connectivity index (χ4n) is 4.20. The third-order valence-electron chi connectivity index (χ3n) is 6.61. The first-order valence-corrected chi connectivity index (χ1v) is 14.9. The van der Waals surface area contributed by atoms with Crippen molar-refractivity contribution < 1.29 is 30.7 Å². The molecule has 0 fully saturated rings. The third-order valence-corrected chi connectivity index (χ3v) is 8.64. The molecule has 0 spiro atoms. The average molecular weight is 597 g/mol. The largest absolute Gasteiger partial charge is 0.487 e. The lowest BCUT2D eigenvalue weighted by atomic mass is 10.1. The van der Waals surface area contributed by atoms with Gasteiger partial charge in [-0.05, 0) is 92.9 Å². The molecule has 0 aliphatic carbocycles. The zero-order chi connectivity index (χ0) is 30.2. The van der Waals surface area contributed by atoms with E-state index in [1.165, 1.54) is 18.4 Å². The number of benzene rings is 3. The van der Waals surface area contributed by atoms with Crippen LogP contribution in [0.1, 0.15) is 53.1 Å². The Labute approximate surface area is 243 Å². The van der Waals surface area contributed by atoms with Crippen molar-refractivity contribution in [2.24, 2.45) is 4.99 Å². The minimum Gasteiger partial charge on any atom is -0.487 e. The van der Waals surface area contributed by atoms with Crippen molar-refractivity contribution in [3.63, 3.8) is 0 Å². The van der Waals surface area contributed by atoms with Gasteiger partial charge in [0.05, 0.1) is 10.5 Å². The Morgan fingerprint density at radius 2 is 1.67 bits per heavy atom. The number of oxazole rings is 1. The molecule has 0 N–H and O–H groups in total. The second-order valence-corrected chi connectivity index (χ2v) is 11.9. The Hall–Kier alpha value is -4.18. The minimum absolute atomic E-state index is 0.183. The van der Waals surface area contributed by atoms with Crippen LogP contribution in [0.15, 0.2) is 93.4 Å². The summed E-state index contributed by atoms with van der Waals surface area (Å²) in [6.45, 7) is 5.59. The number of unbranched alkanes of at least 4 members (excludes halogenated alkanes) is 1. The standard InChI is InChI=1S/C32H31F3N2O4S/c1-23-7-18-29(19-8-23)42(38,39)31(36-2)6-4-3-5-24-11-16-28(17-12-24)40-21-27-22-41-30(37-27)20-13-25-9-14-26(15-10-25)32(33,34)35/h7-20,22,31H,2-6,21H2,1H3/b20-13+. The van der Waals surface area contributed by atoms with Gasteiger partial charge in [0.1, 0.15) is 24.3 Å². The summed E-state index contributed by atoms with van der Waals surface area (Å²) in [6, 6.07) is 19.2. The van der Waals surface area contributed by atoms with Gasteiger partial charge in [0.15, 0.2) is 5.37 Å². The second kappa shape index (κ2) is 13.7. The van der Waals surface area contributed by atoms with Crippen LogP contribution in [0.5, 0.6) is 5.75 Å². The number of aromatic nitrogens is 1. The van der Waals surface area contributed by atoms with Gasteiger partial charge in [-0.3, -0.25) is 4.99 Å². The van der Waals surface area contributed by atoms with Crippen molar-refractivity contribution in [2.45, 2.75) is 55.7 Å². The fourth-order valence-corrected chi connectivity index (χ4v) is 5.71. The number of halogens is 3. The molecule has 0 saturated carbocycles. The van der Waals surface area contributed by atoms with Gasteiger partial charge in [-0.25, -0.2) is 13.4 Å². The van der Waals surface area contributed by atoms with Crippen LogP contribution in [-0.4, -0.2) is 25.5 Å². The third kappa shape index (κ3) is 8.42. The van der Waals surface area contributed by atoms with E-state index in [1.807, 2.05) is 31.2 Å². The smallest absolute Gasteiger partial charge is 0.416 e. The highest BCUT2D eigenvalue weighted by Crippen LogP contribution is 2.29. The number of sulfone groups is 1. The van der Waals surface area contributed by atoms with E-state index in [-0.39, 0.29) is 11.5 Å². The molecule has 3 aromatic carbocycles. The summed E-state index contributed by atoms with van der Waals surface area (Å²) >= 11 is 0. The Balaban J connectivity index is 1.21. The van der Waals surface area contributed by atoms with Gasteiger partial charge < -0.3 is 9.15 Å². The SMILES string of the molecule is C=NC(CCCCc1ccc(OCc2coc(/C=C/c3ccc(C(F)(F)F)cc3)n2)cc1)S(=O)(=O)c1ccc(C)cc1. The molecule has 0 amide bonds. The van der Waals surface area contributed by atoms with Crippen LogP contribution in [0.4, 0.5) is 13.2 Å². The lowest BCUT2D eigenvalue weighted by Crippen LogP contribution is -2.19. The van der Waals surface area contributed by atoms with Crippen LogP contribution >= 0.6 is 0 Å². The van der Waals surface area contributed by atoms with E-state index in [1.54, 1.807) is 36.4 Å². The second-order valence-electron chi connectivity index (χ2n) is 9.80. The Kier molecular flexibility index (Phi) is 10.0. The van der Waals surface area contributed by atoms with Gasteiger partial charge in [0.2, 0.25) is 15.7 Å². The Morgan fingerprint density at radius 1 is 0.976 bits per heavy atom. The van der Waals surface area contributed by atoms with Crippen molar-refractivity contribution >= 4 is 28.7 Å². The van der Waals surface area contributed by atoms with E-state index in [0.717, 1.165) is 36.1 Å². The predicted molar refractivity (Wildman–Crippen MR) is 157 cm³/mol. The quantitative estimate of drug-likeness (QED) is 0.116. The van der Waals surface area contributed by atoms with Crippen molar-refractivity contribution in [1.82, 2.24) is 4.98 Å². The van der Waals surface area contributed by atoms with Gasteiger partial charge in [-0.1, -0.05) is 42.0 Å². The first-order chi connectivity index (χ1) is 20.0. The van der Waals surface area contributed by atoms with E-state index in [2.05, 4.69) is 16.7 Å². The molecule has 0 bridgehead atoms. The van der Waals surface area contributed by atoms with Crippen LogP contribution in [0.25, 0.3) is 12.2 Å². The fraction of sp³-hybridized carbons (Fsp3) is 0.250. The number of alkyl halides is 3. The van der Waals surface area contributed by atoms with E-state index < -0.39 is 27.0 Å². The Bertz CT molecular complexity index is 1590. The van der Waals surface area contributed by atoms with E-state index in [0.29, 0.717) is 35.7 Å². The lowest BCUT2D eigenvalue weighted by Gasteiger charge is -2.13. The molecule has 4 rings (SSSR count). The highest BCUT2D eigenvalue weighted by atomic mass is 32.2. The molecule has 1 heterocycles. The van der Waals surface area contributed by atoms with Crippen LogP contribution in [-0.2, 0) is 29.0 Å². The molecule has 0 aliphatic rings. The molecule has 1 atom stereocenters. The van der Waals surface area contributed by atoms with Crippen molar-refractivity contribution in [1.29, 1.82) is 0 Å². The molecule has 0 aliphatic heterocycles. The van der Waals surface area contributed by atoms with Crippen LogP contribution in [0.3, 0.4) is 0 Å². The lowest BCUT2D eigenvalue weighted by molar-refractivity contribution is -0.137. The van der Waals surface area contributed by atoms with Gasteiger partial charge in [-0.15, -0.1) is 0 Å². The van der Waals surface area contributed by atoms with Gasteiger partial charge in [0.25, 0.3) is 0 Å². The molecule has 6 nitrogen and oxygen atoms in total. The van der Waals surface area contributed by atoms with Crippen molar-refractivity contribution in [3.8, 4) is 5.75 Å². The highest BCUT2D eigenvalue weighted by Gasteiger charge is 2.29. The van der Waals surface area contributed by atoms with Crippen LogP contribution in [0, 0.1) is 6.92 Å². The monoisotopic (exact) mass is 596 g/mol. The van der Waals surface area contributed by atoms with Crippen LogP contribution < -0.4 is 4.74 Å². The van der Waals surface area contributed by atoms with Crippen molar-refractivity contribution in [3.05, 3.63) is 113 Å². The van der Waals surface area contributed by atoms with Gasteiger partial charge in [0, 0.05) is 6.08 Å². The number of ether oxygens (including phenoxy) is 1. The first-order valence-electron chi connectivity index (χ1n) is 13.3. The number of aryl methyl sites for hydroxylation is 2. The van der Waals surface area contributed by atoms with E-state index in [9.17, 15) is 21.6 Å². The molecule has 4 aromatic rings. The molecule has 10 heteroatoms. The number of aliphatic imine (C=N–C) groups is 1. The summed E-state index contributed by atoms with van der Waals surface area (Å²) in [5, 5.41) is -0.867. The maximum Gasteiger partial charge on any atom is 0.416 e. The van der Waals surface area contributed by atoms with E-state index >= 15 is 0 Å². The maximum absolute atomic E-state index is 12.9. The first kappa shape index (κ1) is 30.8. The summed E-state index contributed by atoms with van der Waals surface area (Å²) in [5.41, 5.74) is 2.54. The predicted octanol–water partition coefficient (Wildman–Crippen LogP) is 7.96. The molecule has 220 valence electrons. The van der Waals surface area contributed by atoms with Crippen molar-refractivity contribution in [2.75, 3.05) is 0 Å². The molecule has 1 unspecified atom stereocenters. The number of nitrogens with zero attached hydrogens (tertiary/aromatic N) is 2. The van der Waals surface area contributed by atoms with Gasteiger partial charge >= 0.3 is 6.18 Å². The zero-order valence-corrected chi connectivity index (χ0v) is 23.9. The molecule has 42 heavy (non-hydrogen) atoms. The molecule has 0 radical (unpaired) electrons. The average Bonchev–Trinajstić information content (AvgIpc) is 3.43. The summed E-state index contributed by atoms with van der Waals surface area (Å²) in [4.78, 5) is 8.47. The zero-order valence-electron chi connectivity index (χ0n) is 23.0. The highest BCUT2D eigenvalue weighted by molar-refractivity contribution is 7.92. The maximum atomic E-state index is 12.9. The summed E-state index contributed by atoms with van der Waals surface area (Å²) in [7, 11) is -3.56. The molecule has 1 aromatic heterocycles. The Morgan fingerprint density at radius 3 is 2.31 bits per heavy atom. The number of hydrogen-bond donors (Lipinski definition) is 0. The summed E-state index contributed by atoms with van der Waals surface area (Å²) in [5.74, 6) is 0.966. The topological polar surface area (TPSA) is 81.8 Å². The summed E-state index contributed by atoms with van der Waals surface area (Å²) < 4.78 is 75.0. The van der Waals surface area contributed by atoms with E-state index in [4.69, 9.17) is 9.15 Å². The number of hydrogen-bond acceptors (Lipinski definition) is 6.